The summed E-state index contributed by atoms with van der Waals surface area (Å²) in [6.45, 7) is 2.04. The summed E-state index contributed by atoms with van der Waals surface area (Å²) in [4.78, 5) is 0. The van der Waals surface area contributed by atoms with Gasteiger partial charge >= 0.3 is 0 Å². The van der Waals surface area contributed by atoms with Gasteiger partial charge in [0.2, 0.25) is 0 Å². The average Bonchev–Trinajstić information content (AvgIpc) is 1.83. The molecule has 0 aromatic rings. The highest BCUT2D eigenvalue weighted by Crippen LogP contribution is 2.01. The molecule has 1 N–H and O–H groups in total. The van der Waals surface area contributed by atoms with E-state index in [0.29, 0.717) is 5.03 Å². The number of aliphatic hydroxyl groups is 1. The standard InChI is InChI=1S/C6H11ClO/c1-2-3-4-6(7)5-8/h4,8H,2-3,5H2,1H3. The molecule has 0 rings (SSSR count). The van der Waals surface area contributed by atoms with Crippen LogP contribution in [0.5, 0.6) is 0 Å². The highest BCUT2D eigenvalue weighted by atomic mass is 35.5. The van der Waals surface area contributed by atoms with Crippen LogP contribution in [0.25, 0.3) is 0 Å². The van der Waals surface area contributed by atoms with E-state index < -0.39 is 0 Å². The maximum absolute atomic E-state index is 8.36. The molecule has 0 spiro atoms. The van der Waals surface area contributed by atoms with E-state index in [9.17, 15) is 0 Å². The zero-order chi connectivity index (χ0) is 6.41. The fourth-order valence-electron chi connectivity index (χ4n) is 0.366. The zero-order valence-corrected chi connectivity index (χ0v) is 5.78. The molecule has 48 valence electrons. The van der Waals surface area contributed by atoms with Gasteiger partial charge in [-0.05, 0) is 6.42 Å². The van der Waals surface area contributed by atoms with Crippen LogP contribution in [0.2, 0.25) is 0 Å². The molecular formula is C6H11ClO. The largest absolute Gasteiger partial charge is 0.391 e. The van der Waals surface area contributed by atoms with Gasteiger partial charge in [0.05, 0.1) is 6.61 Å². The second-order valence-electron chi connectivity index (χ2n) is 1.60. The molecule has 0 aliphatic carbocycles. The zero-order valence-electron chi connectivity index (χ0n) is 5.02. The van der Waals surface area contributed by atoms with Gasteiger partial charge < -0.3 is 5.11 Å². The Morgan fingerprint density at radius 3 is 2.75 bits per heavy atom. The van der Waals surface area contributed by atoms with E-state index in [1.54, 1.807) is 0 Å². The number of halogens is 1. The lowest BCUT2D eigenvalue weighted by atomic mass is 10.3. The van der Waals surface area contributed by atoms with Crippen LogP contribution in [-0.2, 0) is 0 Å². The van der Waals surface area contributed by atoms with Crippen molar-refractivity contribution in [1.82, 2.24) is 0 Å². The van der Waals surface area contributed by atoms with Gasteiger partial charge in [-0.2, -0.15) is 0 Å². The van der Waals surface area contributed by atoms with E-state index in [4.69, 9.17) is 16.7 Å². The number of hydrogen-bond acceptors (Lipinski definition) is 1. The highest BCUT2D eigenvalue weighted by molar-refractivity contribution is 6.29. The Balaban J connectivity index is 3.26. The van der Waals surface area contributed by atoms with E-state index in [-0.39, 0.29) is 6.61 Å². The van der Waals surface area contributed by atoms with E-state index in [1.807, 2.05) is 6.08 Å². The van der Waals surface area contributed by atoms with Crippen molar-refractivity contribution < 1.29 is 5.11 Å². The van der Waals surface area contributed by atoms with E-state index in [0.717, 1.165) is 12.8 Å². The summed E-state index contributed by atoms with van der Waals surface area (Å²) in [6.07, 6.45) is 3.87. The normalized spacial score (nSPS) is 12.1. The van der Waals surface area contributed by atoms with Crippen molar-refractivity contribution in [3.8, 4) is 0 Å². The second-order valence-corrected chi connectivity index (χ2v) is 2.08. The predicted octanol–water partition coefficient (Wildman–Crippen LogP) is 1.90. The summed E-state index contributed by atoms with van der Waals surface area (Å²) < 4.78 is 0. The summed E-state index contributed by atoms with van der Waals surface area (Å²) in [6, 6.07) is 0. The summed E-state index contributed by atoms with van der Waals surface area (Å²) in [5.74, 6) is 0. The van der Waals surface area contributed by atoms with Gasteiger partial charge in [0.15, 0.2) is 0 Å². The Morgan fingerprint density at radius 2 is 2.38 bits per heavy atom. The van der Waals surface area contributed by atoms with E-state index in [1.165, 1.54) is 0 Å². The van der Waals surface area contributed by atoms with Crippen LogP contribution in [0.3, 0.4) is 0 Å². The van der Waals surface area contributed by atoms with Crippen molar-refractivity contribution in [2.24, 2.45) is 0 Å². The van der Waals surface area contributed by atoms with Gasteiger partial charge in [-0.3, -0.25) is 0 Å². The van der Waals surface area contributed by atoms with Crippen molar-refractivity contribution in [2.45, 2.75) is 19.8 Å². The Labute approximate surface area is 55.0 Å². The van der Waals surface area contributed by atoms with Crippen molar-refractivity contribution >= 4 is 11.6 Å². The minimum atomic E-state index is -0.0262. The minimum Gasteiger partial charge on any atom is -0.391 e. The van der Waals surface area contributed by atoms with Gasteiger partial charge in [-0.1, -0.05) is 31.0 Å². The molecule has 0 aromatic heterocycles. The lowest BCUT2D eigenvalue weighted by Crippen LogP contribution is -1.79. The van der Waals surface area contributed by atoms with Crippen LogP contribution < -0.4 is 0 Å². The van der Waals surface area contributed by atoms with Crippen molar-refractivity contribution in [2.75, 3.05) is 6.61 Å². The van der Waals surface area contributed by atoms with Crippen LogP contribution in [0.4, 0.5) is 0 Å². The van der Waals surface area contributed by atoms with Gasteiger partial charge in [0, 0.05) is 5.03 Å². The number of allylic oxidation sites excluding steroid dienone is 1. The van der Waals surface area contributed by atoms with Gasteiger partial charge in [0.1, 0.15) is 0 Å². The number of rotatable bonds is 3. The first-order chi connectivity index (χ1) is 3.81. The minimum absolute atomic E-state index is 0.0262. The summed E-state index contributed by atoms with van der Waals surface area (Å²) in [5.41, 5.74) is 0. The average molecular weight is 135 g/mol. The Hall–Kier alpha value is -0.0100. The summed E-state index contributed by atoms with van der Waals surface area (Å²) in [5, 5.41) is 8.91. The monoisotopic (exact) mass is 134 g/mol. The van der Waals surface area contributed by atoms with Crippen molar-refractivity contribution in [3.05, 3.63) is 11.1 Å². The Morgan fingerprint density at radius 1 is 1.75 bits per heavy atom. The molecule has 0 fully saturated rings. The molecule has 1 nitrogen and oxygen atoms in total. The van der Waals surface area contributed by atoms with Gasteiger partial charge in [-0.25, -0.2) is 0 Å². The lowest BCUT2D eigenvalue weighted by Gasteiger charge is -1.88. The third kappa shape index (κ3) is 4.16. The molecule has 0 aromatic carbocycles. The van der Waals surface area contributed by atoms with Crippen LogP contribution in [-0.4, -0.2) is 11.7 Å². The molecule has 0 radical (unpaired) electrons. The van der Waals surface area contributed by atoms with Crippen molar-refractivity contribution in [3.63, 3.8) is 0 Å². The molecule has 0 heterocycles. The molecule has 0 atom stereocenters. The Kier molecular flexibility index (Phi) is 5.13. The fourth-order valence-corrected chi connectivity index (χ4v) is 0.475. The first kappa shape index (κ1) is 7.99. The second kappa shape index (κ2) is 5.13. The first-order valence-electron chi connectivity index (χ1n) is 2.76. The first-order valence-corrected chi connectivity index (χ1v) is 3.14. The van der Waals surface area contributed by atoms with E-state index in [2.05, 4.69) is 6.92 Å². The lowest BCUT2D eigenvalue weighted by molar-refractivity contribution is 0.338. The fraction of sp³-hybridized carbons (Fsp3) is 0.667. The molecule has 0 bridgehead atoms. The topological polar surface area (TPSA) is 20.2 Å². The molecule has 0 amide bonds. The molecule has 2 heteroatoms. The maximum atomic E-state index is 8.36. The molecular weight excluding hydrogens is 124 g/mol. The van der Waals surface area contributed by atoms with Crippen molar-refractivity contribution in [1.29, 1.82) is 0 Å². The number of hydrogen-bond donors (Lipinski definition) is 1. The van der Waals surface area contributed by atoms with Crippen LogP contribution in [0.1, 0.15) is 19.8 Å². The summed E-state index contributed by atoms with van der Waals surface area (Å²) in [7, 11) is 0. The van der Waals surface area contributed by atoms with Crippen LogP contribution in [0.15, 0.2) is 11.1 Å². The number of unbranched alkanes of at least 4 members (excludes halogenated alkanes) is 1. The third-order valence-electron chi connectivity index (χ3n) is 0.806. The third-order valence-corrected chi connectivity index (χ3v) is 1.08. The SMILES string of the molecule is CCCC=C(Cl)CO. The summed E-state index contributed by atoms with van der Waals surface area (Å²) >= 11 is 5.46. The number of aliphatic hydroxyl groups excluding tert-OH is 1. The Bertz CT molecular complexity index is 78.6. The smallest absolute Gasteiger partial charge is 0.0784 e. The van der Waals surface area contributed by atoms with Crippen LogP contribution in [0, 0.1) is 0 Å². The molecule has 0 saturated carbocycles. The predicted molar refractivity (Wildman–Crippen MR) is 35.9 cm³/mol. The van der Waals surface area contributed by atoms with Gasteiger partial charge in [0.25, 0.3) is 0 Å². The quantitative estimate of drug-likeness (QED) is 0.625. The van der Waals surface area contributed by atoms with E-state index >= 15 is 0 Å². The molecule has 0 unspecified atom stereocenters. The molecule has 0 saturated heterocycles. The van der Waals surface area contributed by atoms with Gasteiger partial charge in [-0.15, -0.1) is 0 Å². The molecule has 8 heavy (non-hydrogen) atoms. The maximum Gasteiger partial charge on any atom is 0.0784 e. The van der Waals surface area contributed by atoms with Crippen LogP contribution >= 0.6 is 11.6 Å². The highest BCUT2D eigenvalue weighted by Gasteiger charge is 1.83. The molecule has 0 aliphatic rings. The molecule has 0 aliphatic heterocycles.